The molecule has 1 aromatic heterocycles. The Balaban J connectivity index is 1.07. The topological polar surface area (TPSA) is 87.8 Å². The number of fused-ring (bicyclic) bond motifs is 1. The number of aliphatic hydroxyl groups excluding tert-OH is 1. The van der Waals surface area contributed by atoms with Gasteiger partial charge in [-0.2, -0.15) is 0 Å². The third kappa shape index (κ3) is 6.29. The van der Waals surface area contributed by atoms with Crippen molar-refractivity contribution in [3.63, 3.8) is 0 Å². The highest BCUT2D eigenvalue weighted by atomic mass is 16.5. The number of oxazole rings is 1. The second kappa shape index (κ2) is 11.1. The fraction of sp³-hybridized carbons (Fsp3) is 0.429. The number of nitrogens with zero attached hydrogens (tertiary/aromatic N) is 2. The molecule has 0 amide bonds. The van der Waals surface area contributed by atoms with E-state index in [9.17, 15) is 9.90 Å². The Morgan fingerprint density at radius 3 is 2.94 bits per heavy atom. The lowest BCUT2D eigenvalue weighted by atomic mass is 9.93. The van der Waals surface area contributed by atoms with E-state index in [-0.39, 0.29) is 5.78 Å². The van der Waals surface area contributed by atoms with Crippen molar-refractivity contribution < 1.29 is 19.1 Å². The van der Waals surface area contributed by atoms with Crippen LogP contribution in [0.3, 0.4) is 0 Å². The van der Waals surface area contributed by atoms with Gasteiger partial charge in [-0.15, -0.1) is 0 Å². The number of carbonyl (C=O) groups is 1. The number of Topliss-reactive ketones (excluding diaryl/α,β-unsaturated/α-hetero) is 1. The number of nitrogens with one attached hydrogen (secondary N) is 1. The van der Waals surface area contributed by atoms with Crippen molar-refractivity contribution in [2.75, 3.05) is 18.4 Å². The van der Waals surface area contributed by atoms with E-state index in [0.717, 1.165) is 36.5 Å². The predicted molar refractivity (Wildman–Crippen MR) is 134 cm³/mol. The van der Waals surface area contributed by atoms with Crippen molar-refractivity contribution in [3.05, 3.63) is 77.5 Å². The number of hydrogen-bond acceptors (Lipinski definition) is 7. The number of hydrogen-bond donors (Lipinski definition) is 2. The van der Waals surface area contributed by atoms with E-state index >= 15 is 0 Å². The maximum absolute atomic E-state index is 12.7. The Labute approximate surface area is 206 Å². The number of β-amino-alcohol motifs (C(OH)–C–C–N with tert-alkyl or cyclic N) is 1. The average Bonchev–Trinajstić information content (AvgIpc) is 3.37. The summed E-state index contributed by atoms with van der Waals surface area (Å²) in [4.78, 5) is 18.9. The molecule has 2 aromatic carbocycles. The van der Waals surface area contributed by atoms with Crippen molar-refractivity contribution >= 4 is 11.5 Å². The van der Waals surface area contributed by atoms with Gasteiger partial charge in [-0.1, -0.05) is 18.2 Å². The summed E-state index contributed by atoms with van der Waals surface area (Å²) in [5.41, 5.74) is 4.26. The quantitative estimate of drug-likeness (QED) is 0.392. The molecule has 1 saturated carbocycles. The fourth-order valence-electron chi connectivity index (χ4n) is 4.70. The molecule has 2 heterocycles. The number of aliphatic hydroxyl groups is 1. The van der Waals surface area contributed by atoms with Crippen LogP contribution in [0.15, 0.2) is 59.5 Å². The van der Waals surface area contributed by atoms with Crippen molar-refractivity contribution in [1.82, 2.24) is 9.88 Å². The van der Waals surface area contributed by atoms with Crippen molar-refractivity contribution in [2.45, 2.75) is 63.8 Å². The molecule has 0 saturated heterocycles. The van der Waals surface area contributed by atoms with Crippen LogP contribution in [0.2, 0.25) is 0 Å². The fourth-order valence-corrected chi connectivity index (χ4v) is 4.70. The molecular weight excluding hydrogens is 442 g/mol. The third-order valence-corrected chi connectivity index (χ3v) is 6.97. The van der Waals surface area contributed by atoms with Gasteiger partial charge in [0.05, 0.1) is 12.3 Å². The maximum atomic E-state index is 12.7. The Hall–Kier alpha value is -3.16. The van der Waals surface area contributed by atoms with Crippen molar-refractivity contribution in [3.8, 4) is 5.75 Å². The molecule has 1 fully saturated rings. The van der Waals surface area contributed by atoms with Gasteiger partial charge >= 0.3 is 0 Å². The molecule has 1 atom stereocenters. The van der Waals surface area contributed by atoms with Crippen LogP contribution in [0.25, 0.3) is 0 Å². The largest absolute Gasteiger partial charge is 0.486 e. The summed E-state index contributed by atoms with van der Waals surface area (Å²) in [6.45, 7) is 2.59. The zero-order chi connectivity index (χ0) is 24.0. The molecule has 0 unspecified atom stereocenters. The molecule has 35 heavy (non-hydrogen) atoms. The van der Waals surface area contributed by atoms with Crippen LogP contribution in [0.4, 0.5) is 5.69 Å². The monoisotopic (exact) mass is 475 g/mol. The second-order valence-electron chi connectivity index (χ2n) is 9.64. The van der Waals surface area contributed by atoms with Gasteiger partial charge in [-0.05, 0) is 67.5 Å². The molecule has 3 aromatic rings. The molecule has 2 N–H and O–H groups in total. The second-order valence-corrected chi connectivity index (χ2v) is 9.64. The first kappa shape index (κ1) is 23.6. The molecule has 7 nitrogen and oxygen atoms in total. The van der Waals surface area contributed by atoms with Gasteiger partial charge in [0, 0.05) is 43.3 Å². The summed E-state index contributed by atoms with van der Waals surface area (Å²) in [6, 6.07) is 14.5. The molecule has 1 aliphatic carbocycles. The van der Waals surface area contributed by atoms with Crippen LogP contribution in [-0.2, 0) is 19.6 Å². The van der Waals surface area contributed by atoms with Crippen LogP contribution in [0, 0.1) is 0 Å². The van der Waals surface area contributed by atoms with Crippen molar-refractivity contribution in [1.29, 1.82) is 0 Å². The standard InChI is InChI=1S/C28H33N3O4/c32-25(8-10-28(33)21-3-1-6-24(13-21)30-23-4-2-5-23)17-31-12-11-20-14-26(9-7-22(20)16-31)34-18-27-15-29-19-35-27/h1,3,6-7,9,13-15,19,23,25,30,32H,2,4-5,8,10-12,16-18H2/t25-/m0/s1. The van der Waals surface area contributed by atoms with E-state index < -0.39 is 6.10 Å². The molecular formula is C28H33N3O4. The number of carbonyl (C=O) groups excluding carboxylic acids is 1. The Morgan fingerprint density at radius 1 is 1.23 bits per heavy atom. The minimum absolute atomic E-state index is 0.0863. The normalized spacial score (nSPS) is 16.8. The molecule has 184 valence electrons. The molecule has 0 bridgehead atoms. The van der Waals surface area contributed by atoms with E-state index in [1.807, 2.05) is 30.3 Å². The smallest absolute Gasteiger partial charge is 0.181 e. The Morgan fingerprint density at radius 2 is 2.14 bits per heavy atom. The summed E-state index contributed by atoms with van der Waals surface area (Å²) < 4.78 is 11.0. The Bertz CT molecular complexity index is 1130. The van der Waals surface area contributed by atoms with E-state index in [0.29, 0.717) is 37.8 Å². The highest BCUT2D eigenvalue weighted by Gasteiger charge is 2.21. The first-order valence-corrected chi connectivity index (χ1v) is 12.5. The van der Waals surface area contributed by atoms with Gasteiger partial charge in [-0.3, -0.25) is 9.69 Å². The summed E-state index contributed by atoms with van der Waals surface area (Å²) in [5.74, 6) is 1.60. The van der Waals surface area contributed by atoms with Gasteiger partial charge in [0.25, 0.3) is 0 Å². The van der Waals surface area contributed by atoms with Crippen LogP contribution in [0.1, 0.15) is 59.3 Å². The minimum Gasteiger partial charge on any atom is -0.486 e. The number of anilines is 1. The average molecular weight is 476 g/mol. The van der Waals surface area contributed by atoms with Gasteiger partial charge < -0.3 is 19.6 Å². The van der Waals surface area contributed by atoms with Crippen LogP contribution < -0.4 is 10.1 Å². The van der Waals surface area contributed by atoms with E-state index in [4.69, 9.17) is 9.15 Å². The first-order valence-electron chi connectivity index (χ1n) is 12.5. The third-order valence-electron chi connectivity index (χ3n) is 6.97. The SMILES string of the molecule is O=C(CC[C@H](O)CN1CCc2cc(OCc3cnco3)ccc2C1)c1cccc(NC2CCC2)c1. The lowest BCUT2D eigenvalue weighted by Crippen LogP contribution is -2.36. The molecule has 0 radical (unpaired) electrons. The number of benzene rings is 2. The van der Waals surface area contributed by atoms with Gasteiger partial charge in [0.15, 0.2) is 17.9 Å². The van der Waals surface area contributed by atoms with Crippen LogP contribution in [0.5, 0.6) is 5.75 Å². The molecule has 7 heteroatoms. The zero-order valence-corrected chi connectivity index (χ0v) is 20.0. The predicted octanol–water partition coefficient (Wildman–Crippen LogP) is 4.60. The molecule has 1 aliphatic heterocycles. The van der Waals surface area contributed by atoms with Gasteiger partial charge in [0.2, 0.25) is 0 Å². The van der Waals surface area contributed by atoms with E-state index in [1.54, 1.807) is 6.20 Å². The summed E-state index contributed by atoms with van der Waals surface area (Å²) in [5, 5.41) is 14.1. The van der Waals surface area contributed by atoms with E-state index in [1.165, 1.54) is 36.8 Å². The molecule has 2 aliphatic rings. The van der Waals surface area contributed by atoms with Crippen molar-refractivity contribution in [2.24, 2.45) is 0 Å². The van der Waals surface area contributed by atoms with Crippen LogP contribution in [-0.4, -0.2) is 46.0 Å². The molecule has 0 spiro atoms. The highest BCUT2D eigenvalue weighted by Crippen LogP contribution is 2.26. The highest BCUT2D eigenvalue weighted by molar-refractivity contribution is 5.96. The number of ether oxygens (including phenoxy) is 1. The number of rotatable bonds is 11. The number of ketones is 1. The summed E-state index contributed by atoms with van der Waals surface area (Å²) in [7, 11) is 0. The van der Waals surface area contributed by atoms with Gasteiger partial charge in [-0.25, -0.2) is 4.98 Å². The maximum Gasteiger partial charge on any atom is 0.181 e. The zero-order valence-electron chi connectivity index (χ0n) is 20.0. The Kier molecular flexibility index (Phi) is 7.45. The summed E-state index contributed by atoms with van der Waals surface area (Å²) >= 11 is 0. The first-order chi connectivity index (χ1) is 17.1. The van der Waals surface area contributed by atoms with Crippen LogP contribution >= 0.6 is 0 Å². The number of aromatic nitrogens is 1. The van der Waals surface area contributed by atoms with Gasteiger partial charge in [0.1, 0.15) is 12.4 Å². The lowest BCUT2D eigenvalue weighted by Gasteiger charge is -2.30. The lowest BCUT2D eigenvalue weighted by molar-refractivity contribution is 0.0836. The summed E-state index contributed by atoms with van der Waals surface area (Å²) in [6.07, 6.45) is 7.92. The van der Waals surface area contributed by atoms with E-state index in [2.05, 4.69) is 27.3 Å². The molecule has 5 rings (SSSR count). The minimum atomic E-state index is -0.527.